The van der Waals surface area contributed by atoms with Crippen molar-refractivity contribution in [2.24, 2.45) is 0 Å². The van der Waals surface area contributed by atoms with Gasteiger partial charge in [-0.05, 0) is 24.8 Å². The minimum atomic E-state index is -0.0260. The van der Waals surface area contributed by atoms with Crippen LogP contribution in [-0.2, 0) is 4.79 Å². The summed E-state index contributed by atoms with van der Waals surface area (Å²) in [4.78, 5) is 23.7. The summed E-state index contributed by atoms with van der Waals surface area (Å²) in [7, 11) is 1.64. The van der Waals surface area contributed by atoms with E-state index < -0.39 is 0 Å². The fourth-order valence-corrected chi connectivity index (χ4v) is 2.74. The van der Waals surface area contributed by atoms with Crippen molar-refractivity contribution in [1.29, 1.82) is 0 Å². The maximum absolute atomic E-state index is 11.7. The number of carbonyl (C=O) groups excluding carboxylic acids is 1. The van der Waals surface area contributed by atoms with Gasteiger partial charge in [0.25, 0.3) is 0 Å². The number of carbonyl (C=O) groups is 1. The molecule has 0 saturated carbocycles. The van der Waals surface area contributed by atoms with E-state index in [2.05, 4.69) is 27.5 Å². The number of anilines is 2. The van der Waals surface area contributed by atoms with Crippen LogP contribution in [0.3, 0.4) is 0 Å². The fraction of sp³-hybridized carbons (Fsp3) is 0.500. The highest BCUT2D eigenvalue weighted by molar-refractivity contribution is 7.16. The van der Waals surface area contributed by atoms with Crippen molar-refractivity contribution in [2.45, 2.75) is 20.3 Å². The molecule has 0 spiro atoms. The molecule has 1 amide bonds. The highest BCUT2D eigenvalue weighted by Gasteiger charge is 2.16. The van der Waals surface area contributed by atoms with Crippen molar-refractivity contribution >= 4 is 39.2 Å². The van der Waals surface area contributed by atoms with E-state index in [1.807, 2.05) is 23.3 Å². The number of aromatic nitrogens is 2. The monoisotopic (exact) mass is 307 g/mol. The Kier molecular flexibility index (Phi) is 5.32. The summed E-state index contributed by atoms with van der Waals surface area (Å²) in [6.45, 7) is 5.95. The first-order valence-corrected chi connectivity index (χ1v) is 8.02. The van der Waals surface area contributed by atoms with E-state index >= 15 is 0 Å². The van der Waals surface area contributed by atoms with Crippen molar-refractivity contribution in [3.63, 3.8) is 0 Å². The Morgan fingerprint density at radius 1 is 1.38 bits per heavy atom. The molecule has 2 heterocycles. The molecule has 0 aliphatic carbocycles. The van der Waals surface area contributed by atoms with Gasteiger partial charge in [-0.3, -0.25) is 4.79 Å². The van der Waals surface area contributed by atoms with Crippen LogP contribution >= 0.6 is 11.3 Å². The third-order valence-electron chi connectivity index (χ3n) is 3.13. The van der Waals surface area contributed by atoms with Gasteiger partial charge in [-0.25, -0.2) is 4.98 Å². The predicted octanol–water partition coefficient (Wildman–Crippen LogP) is 2.09. The molecule has 114 valence electrons. The molecule has 0 atom stereocenters. The number of hydrogen-bond acceptors (Lipinski definition) is 6. The quantitative estimate of drug-likeness (QED) is 0.819. The van der Waals surface area contributed by atoms with Gasteiger partial charge in [0.15, 0.2) is 0 Å². The molecule has 0 unspecified atom stereocenters. The molecule has 0 aliphatic heterocycles. The third kappa shape index (κ3) is 3.60. The SMILES string of the molecule is CCCNc1nc(N(CC)CC(=O)NC)c2ccsc2n1. The van der Waals surface area contributed by atoms with E-state index in [9.17, 15) is 4.79 Å². The lowest BCUT2D eigenvalue weighted by molar-refractivity contribution is -0.119. The lowest BCUT2D eigenvalue weighted by Crippen LogP contribution is -2.36. The number of nitrogens with zero attached hydrogens (tertiary/aromatic N) is 3. The average Bonchev–Trinajstić information content (AvgIpc) is 2.97. The smallest absolute Gasteiger partial charge is 0.239 e. The van der Waals surface area contributed by atoms with Crippen LogP contribution in [-0.4, -0.2) is 42.6 Å². The van der Waals surface area contributed by atoms with Gasteiger partial charge in [0.2, 0.25) is 11.9 Å². The number of thiophene rings is 1. The van der Waals surface area contributed by atoms with E-state index in [1.165, 1.54) is 0 Å². The minimum absolute atomic E-state index is 0.0260. The normalized spacial score (nSPS) is 10.6. The zero-order valence-corrected chi connectivity index (χ0v) is 13.5. The Bertz CT molecular complexity index is 612. The summed E-state index contributed by atoms with van der Waals surface area (Å²) in [5.41, 5.74) is 0. The van der Waals surface area contributed by atoms with Gasteiger partial charge in [0.1, 0.15) is 10.6 Å². The van der Waals surface area contributed by atoms with Crippen LogP contribution < -0.4 is 15.5 Å². The first-order valence-electron chi connectivity index (χ1n) is 7.14. The molecule has 2 N–H and O–H groups in total. The standard InChI is InChI=1S/C14H21N5OS/c1-4-7-16-14-17-12(10-6-8-21-13(10)18-14)19(5-2)9-11(20)15-3/h6,8H,4-5,7,9H2,1-3H3,(H,15,20)(H,16,17,18). The highest BCUT2D eigenvalue weighted by atomic mass is 32.1. The van der Waals surface area contributed by atoms with Crippen LogP contribution in [0.1, 0.15) is 20.3 Å². The summed E-state index contributed by atoms with van der Waals surface area (Å²) >= 11 is 1.58. The summed E-state index contributed by atoms with van der Waals surface area (Å²) in [5.74, 6) is 1.41. The largest absolute Gasteiger partial charge is 0.358 e. The minimum Gasteiger partial charge on any atom is -0.358 e. The van der Waals surface area contributed by atoms with E-state index in [0.29, 0.717) is 19.0 Å². The van der Waals surface area contributed by atoms with Gasteiger partial charge in [-0.15, -0.1) is 11.3 Å². The van der Waals surface area contributed by atoms with Crippen LogP contribution in [0.25, 0.3) is 10.2 Å². The third-order valence-corrected chi connectivity index (χ3v) is 3.94. The Labute approximate surface area is 128 Å². The van der Waals surface area contributed by atoms with E-state index in [1.54, 1.807) is 18.4 Å². The van der Waals surface area contributed by atoms with Crippen LogP contribution in [0.5, 0.6) is 0 Å². The average molecular weight is 307 g/mol. The Balaban J connectivity index is 2.38. The van der Waals surface area contributed by atoms with Gasteiger partial charge < -0.3 is 15.5 Å². The summed E-state index contributed by atoms with van der Waals surface area (Å²) in [6, 6.07) is 2.01. The zero-order valence-electron chi connectivity index (χ0n) is 12.6. The van der Waals surface area contributed by atoms with Crippen LogP contribution in [0.2, 0.25) is 0 Å². The molecule has 2 rings (SSSR count). The topological polar surface area (TPSA) is 70.2 Å². The molecule has 0 bridgehead atoms. The zero-order chi connectivity index (χ0) is 15.2. The molecule has 0 aromatic carbocycles. The van der Waals surface area contributed by atoms with Crippen molar-refractivity contribution in [3.8, 4) is 0 Å². The van der Waals surface area contributed by atoms with Crippen LogP contribution in [0.15, 0.2) is 11.4 Å². The van der Waals surface area contributed by atoms with Crippen LogP contribution in [0.4, 0.5) is 11.8 Å². The molecule has 2 aromatic heterocycles. The fourth-order valence-electron chi connectivity index (χ4n) is 1.99. The second-order valence-corrected chi connectivity index (χ2v) is 5.52. The van der Waals surface area contributed by atoms with Gasteiger partial charge >= 0.3 is 0 Å². The number of nitrogens with one attached hydrogen (secondary N) is 2. The maximum Gasteiger partial charge on any atom is 0.239 e. The van der Waals surface area contributed by atoms with E-state index in [4.69, 9.17) is 0 Å². The van der Waals surface area contributed by atoms with Gasteiger partial charge in [-0.1, -0.05) is 6.92 Å². The van der Waals surface area contributed by atoms with Crippen molar-refractivity contribution in [2.75, 3.05) is 36.9 Å². The second kappa shape index (κ2) is 7.21. The van der Waals surface area contributed by atoms with Crippen LogP contribution in [0, 0.1) is 0 Å². The molecule has 0 saturated heterocycles. The first-order chi connectivity index (χ1) is 10.2. The highest BCUT2D eigenvalue weighted by Crippen LogP contribution is 2.29. The number of fused-ring (bicyclic) bond motifs is 1. The number of hydrogen-bond donors (Lipinski definition) is 2. The Morgan fingerprint density at radius 3 is 2.86 bits per heavy atom. The molecular formula is C14H21N5OS. The predicted molar refractivity (Wildman–Crippen MR) is 88.1 cm³/mol. The van der Waals surface area contributed by atoms with Crippen molar-refractivity contribution in [1.82, 2.24) is 15.3 Å². The summed E-state index contributed by atoms with van der Waals surface area (Å²) < 4.78 is 0. The number of rotatable bonds is 7. The molecule has 0 aliphatic rings. The maximum atomic E-state index is 11.7. The molecule has 6 nitrogen and oxygen atoms in total. The molecular weight excluding hydrogens is 286 g/mol. The molecule has 7 heteroatoms. The lowest BCUT2D eigenvalue weighted by atomic mass is 10.3. The van der Waals surface area contributed by atoms with Gasteiger partial charge in [-0.2, -0.15) is 4.98 Å². The van der Waals surface area contributed by atoms with Crippen molar-refractivity contribution in [3.05, 3.63) is 11.4 Å². The second-order valence-electron chi connectivity index (χ2n) is 4.62. The molecule has 0 fully saturated rings. The summed E-state index contributed by atoms with van der Waals surface area (Å²) in [5, 5.41) is 8.87. The molecule has 0 radical (unpaired) electrons. The van der Waals surface area contributed by atoms with E-state index in [-0.39, 0.29) is 5.91 Å². The first kappa shape index (κ1) is 15.5. The Morgan fingerprint density at radius 2 is 2.19 bits per heavy atom. The van der Waals surface area contributed by atoms with Crippen molar-refractivity contribution < 1.29 is 4.79 Å². The van der Waals surface area contributed by atoms with E-state index in [0.717, 1.165) is 29.0 Å². The molecule has 2 aromatic rings. The van der Waals surface area contributed by atoms with Gasteiger partial charge in [0, 0.05) is 20.1 Å². The molecule has 21 heavy (non-hydrogen) atoms. The Hall–Kier alpha value is -1.89. The van der Waals surface area contributed by atoms with Gasteiger partial charge in [0.05, 0.1) is 11.9 Å². The number of amides is 1. The summed E-state index contributed by atoms with van der Waals surface area (Å²) in [6.07, 6.45) is 1.01. The number of likely N-dealkylation sites (N-methyl/N-ethyl adjacent to an activating group) is 2. The lowest BCUT2D eigenvalue weighted by Gasteiger charge is -2.22.